The van der Waals surface area contributed by atoms with E-state index in [1.165, 1.54) is 0 Å². The first kappa shape index (κ1) is 15.2. The number of nitrogen functional groups attached to an aromatic ring is 1. The van der Waals surface area contributed by atoms with E-state index < -0.39 is 0 Å². The number of nitrogens with two attached hydrogens (primary N) is 1. The van der Waals surface area contributed by atoms with Gasteiger partial charge in [-0.15, -0.1) is 0 Å². The van der Waals surface area contributed by atoms with Gasteiger partial charge in [0.05, 0.1) is 0 Å². The van der Waals surface area contributed by atoms with Crippen LogP contribution in [0, 0.1) is 6.92 Å². The first-order valence-electron chi connectivity index (χ1n) is 6.44. The standard InChI is InChI=1S/C12H22N6O/c1-4-18(5-2)12(19)6-7-14-10-8-11(17-13)16-9(3)15-10/h8H,4-7,13H2,1-3H3,(H2,14,15,16,17). The van der Waals surface area contributed by atoms with Gasteiger partial charge in [0, 0.05) is 32.1 Å². The predicted octanol–water partition coefficient (Wildman–Crippen LogP) is 0.741. The highest BCUT2D eigenvalue weighted by Crippen LogP contribution is 2.09. The molecule has 0 bridgehead atoms. The Kier molecular flexibility index (Phi) is 6.01. The molecule has 7 heteroatoms. The molecule has 0 radical (unpaired) electrons. The van der Waals surface area contributed by atoms with Gasteiger partial charge in [-0.05, 0) is 20.8 Å². The van der Waals surface area contributed by atoms with Crippen molar-refractivity contribution in [3.8, 4) is 0 Å². The predicted molar refractivity (Wildman–Crippen MR) is 75.6 cm³/mol. The van der Waals surface area contributed by atoms with Gasteiger partial charge in [-0.3, -0.25) is 4.79 Å². The van der Waals surface area contributed by atoms with Gasteiger partial charge in [-0.1, -0.05) is 0 Å². The average molecular weight is 266 g/mol. The molecular weight excluding hydrogens is 244 g/mol. The van der Waals surface area contributed by atoms with Crippen molar-refractivity contribution in [3.63, 3.8) is 0 Å². The second-order valence-corrected chi connectivity index (χ2v) is 4.07. The molecule has 4 N–H and O–H groups in total. The summed E-state index contributed by atoms with van der Waals surface area (Å²) >= 11 is 0. The van der Waals surface area contributed by atoms with Crippen molar-refractivity contribution in [1.29, 1.82) is 0 Å². The lowest BCUT2D eigenvalue weighted by molar-refractivity contribution is -0.130. The SMILES string of the molecule is CCN(CC)C(=O)CCNc1cc(NN)nc(C)n1. The molecule has 0 fully saturated rings. The van der Waals surface area contributed by atoms with Gasteiger partial charge in [0.2, 0.25) is 5.91 Å². The Morgan fingerprint density at radius 1 is 1.32 bits per heavy atom. The zero-order valence-electron chi connectivity index (χ0n) is 11.7. The highest BCUT2D eigenvalue weighted by molar-refractivity contribution is 5.76. The maximum Gasteiger partial charge on any atom is 0.224 e. The molecule has 0 saturated heterocycles. The smallest absolute Gasteiger partial charge is 0.224 e. The van der Waals surface area contributed by atoms with Crippen molar-refractivity contribution in [2.24, 2.45) is 5.84 Å². The van der Waals surface area contributed by atoms with E-state index in [1.807, 2.05) is 13.8 Å². The number of aryl methyl sites for hydroxylation is 1. The number of hydrogen-bond donors (Lipinski definition) is 3. The molecule has 0 aliphatic carbocycles. The third-order valence-corrected chi connectivity index (χ3v) is 2.75. The third kappa shape index (κ3) is 4.70. The quantitative estimate of drug-likeness (QED) is 0.497. The molecule has 0 aliphatic heterocycles. The van der Waals surface area contributed by atoms with Crippen molar-refractivity contribution < 1.29 is 4.79 Å². The Morgan fingerprint density at radius 3 is 2.53 bits per heavy atom. The summed E-state index contributed by atoms with van der Waals surface area (Å²) in [6, 6.07) is 1.70. The molecule has 0 saturated carbocycles. The fourth-order valence-electron chi connectivity index (χ4n) is 1.76. The van der Waals surface area contributed by atoms with E-state index in [1.54, 1.807) is 17.9 Å². The van der Waals surface area contributed by atoms with Crippen molar-refractivity contribution in [1.82, 2.24) is 14.9 Å². The van der Waals surface area contributed by atoms with Gasteiger partial charge in [-0.2, -0.15) is 0 Å². The molecular formula is C12H22N6O. The molecule has 1 amide bonds. The topological polar surface area (TPSA) is 96.2 Å². The molecule has 1 aromatic heterocycles. The molecule has 0 aromatic carbocycles. The number of amides is 1. The zero-order chi connectivity index (χ0) is 14.3. The van der Waals surface area contributed by atoms with Crippen molar-refractivity contribution >= 4 is 17.5 Å². The molecule has 19 heavy (non-hydrogen) atoms. The van der Waals surface area contributed by atoms with E-state index in [0.717, 1.165) is 13.1 Å². The second kappa shape index (κ2) is 7.52. The first-order chi connectivity index (χ1) is 9.10. The fourth-order valence-corrected chi connectivity index (χ4v) is 1.76. The van der Waals surface area contributed by atoms with Crippen LogP contribution in [0.4, 0.5) is 11.6 Å². The molecule has 0 atom stereocenters. The van der Waals surface area contributed by atoms with E-state index in [4.69, 9.17) is 5.84 Å². The fraction of sp³-hybridized carbons (Fsp3) is 0.583. The minimum atomic E-state index is 0.139. The molecule has 106 valence electrons. The Balaban J connectivity index is 2.49. The van der Waals surface area contributed by atoms with E-state index in [2.05, 4.69) is 20.7 Å². The van der Waals surface area contributed by atoms with Crippen LogP contribution in [0.3, 0.4) is 0 Å². The minimum absolute atomic E-state index is 0.139. The van der Waals surface area contributed by atoms with Gasteiger partial charge in [0.15, 0.2) is 0 Å². The lowest BCUT2D eigenvalue weighted by atomic mass is 10.3. The molecule has 0 aliphatic rings. The Morgan fingerprint density at radius 2 is 1.95 bits per heavy atom. The maximum atomic E-state index is 11.8. The normalized spacial score (nSPS) is 10.1. The van der Waals surface area contributed by atoms with E-state index in [-0.39, 0.29) is 5.91 Å². The maximum absolute atomic E-state index is 11.8. The molecule has 0 spiro atoms. The molecule has 1 aromatic rings. The van der Waals surface area contributed by atoms with Crippen LogP contribution >= 0.6 is 0 Å². The Labute approximate surface area is 113 Å². The van der Waals surface area contributed by atoms with Gasteiger partial charge in [0.1, 0.15) is 17.5 Å². The van der Waals surface area contributed by atoms with Gasteiger partial charge in [0.25, 0.3) is 0 Å². The highest BCUT2D eigenvalue weighted by Gasteiger charge is 2.09. The molecule has 0 unspecified atom stereocenters. The number of carbonyl (C=O) groups is 1. The van der Waals surface area contributed by atoms with Crippen LogP contribution < -0.4 is 16.6 Å². The summed E-state index contributed by atoms with van der Waals surface area (Å²) in [4.78, 5) is 21.9. The summed E-state index contributed by atoms with van der Waals surface area (Å²) < 4.78 is 0. The van der Waals surface area contributed by atoms with E-state index in [0.29, 0.717) is 30.4 Å². The van der Waals surface area contributed by atoms with Crippen LogP contribution in [0.15, 0.2) is 6.07 Å². The Bertz CT molecular complexity index is 419. The van der Waals surface area contributed by atoms with Crippen LogP contribution in [0.5, 0.6) is 0 Å². The van der Waals surface area contributed by atoms with Crippen LogP contribution in [-0.4, -0.2) is 40.4 Å². The molecule has 1 rings (SSSR count). The van der Waals surface area contributed by atoms with Crippen molar-refractivity contribution in [3.05, 3.63) is 11.9 Å². The van der Waals surface area contributed by atoms with Gasteiger partial charge < -0.3 is 15.6 Å². The van der Waals surface area contributed by atoms with E-state index in [9.17, 15) is 4.79 Å². The number of nitrogens with zero attached hydrogens (tertiary/aromatic N) is 3. The van der Waals surface area contributed by atoms with Gasteiger partial charge >= 0.3 is 0 Å². The number of carbonyl (C=O) groups excluding carboxylic acids is 1. The number of nitrogens with one attached hydrogen (secondary N) is 2. The van der Waals surface area contributed by atoms with Crippen LogP contribution in [0.1, 0.15) is 26.1 Å². The van der Waals surface area contributed by atoms with Crippen molar-refractivity contribution in [2.45, 2.75) is 27.2 Å². The third-order valence-electron chi connectivity index (χ3n) is 2.75. The monoisotopic (exact) mass is 266 g/mol. The highest BCUT2D eigenvalue weighted by atomic mass is 16.2. The van der Waals surface area contributed by atoms with Crippen molar-refractivity contribution in [2.75, 3.05) is 30.4 Å². The van der Waals surface area contributed by atoms with Crippen LogP contribution in [0.25, 0.3) is 0 Å². The number of rotatable bonds is 7. The summed E-state index contributed by atoms with van der Waals surface area (Å²) in [5, 5.41) is 3.10. The largest absolute Gasteiger partial charge is 0.369 e. The minimum Gasteiger partial charge on any atom is -0.369 e. The van der Waals surface area contributed by atoms with Crippen LogP contribution in [-0.2, 0) is 4.79 Å². The molecule has 1 heterocycles. The molecule has 7 nitrogen and oxygen atoms in total. The average Bonchev–Trinajstić information content (AvgIpc) is 2.39. The first-order valence-corrected chi connectivity index (χ1v) is 6.44. The summed E-state index contributed by atoms with van der Waals surface area (Å²) in [5.41, 5.74) is 2.48. The number of hydrogen-bond acceptors (Lipinski definition) is 6. The number of aromatic nitrogens is 2. The van der Waals surface area contributed by atoms with Gasteiger partial charge in [-0.25, -0.2) is 15.8 Å². The lowest BCUT2D eigenvalue weighted by Crippen LogP contribution is -2.31. The zero-order valence-corrected chi connectivity index (χ0v) is 11.7. The second-order valence-electron chi connectivity index (χ2n) is 4.07. The summed E-state index contributed by atoms with van der Waals surface area (Å²) in [7, 11) is 0. The summed E-state index contributed by atoms with van der Waals surface area (Å²) in [5.74, 6) is 7.28. The Hall–Kier alpha value is -1.89. The number of hydrazine groups is 1. The van der Waals surface area contributed by atoms with E-state index >= 15 is 0 Å². The van der Waals surface area contributed by atoms with Crippen LogP contribution in [0.2, 0.25) is 0 Å². The summed E-state index contributed by atoms with van der Waals surface area (Å²) in [6.07, 6.45) is 0.441. The summed E-state index contributed by atoms with van der Waals surface area (Å²) in [6.45, 7) is 7.75. The lowest BCUT2D eigenvalue weighted by Gasteiger charge is -2.18. The number of anilines is 2.